The summed E-state index contributed by atoms with van der Waals surface area (Å²) in [5, 5.41) is 2.29. The summed E-state index contributed by atoms with van der Waals surface area (Å²) >= 11 is 0. The average molecular weight is 161 g/mol. The molecule has 0 radical (unpaired) electrons. The number of carbonyl (C=O) groups is 2. The molecule has 0 saturated heterocycles. The van der Waals surface area contributed by atoms with Crippen LogP contribution in [-0.4, -0.2) is 24.9 Å². The van der Waals surface area contributed by atoms with Crippen molar-refractivity contribution >= 4 is 12.2 Å². The number of aldehydes is 1. The third-order valence-electron chi connectivity index (χ3n) is 1.12. The van der Waals surface area contributed by atoms with Gasteiger partial charge in [-0.15, -0.1) is 0 Å². The molecule has 1 unspecified atom stereocenters. The van der Waals surface area contributed by atoms with E-state index in [9.17, 15) is 14.0 Å². The summed E-state index contributed by atoms with van der Waals surface area (Å²) in [4.78, 5) is 20.4. The summed E-state index contributed by atoms with van der Waals surface area (Å²) in [5.41, 5.74) is 0. The lowest BCUT2D eigenvalue weighted by molar-refractivity contribution is -0.121. The average Bonchev–Trinajstić information content (AvgIpc) is 2.01. The minimum absolute atomic E-state index is 0.173. The Morgan fingerprint density at radius 3 is 2.82 bits per heavy atom. The fourth-order valence-electron chi connectivity index (χ4n) is 0.575. The van der Waals surface area contributed by atoms with Gasteiger partial charge in [0.25, 0.3) is 0 Å². The van der Waals surface area contributed by atoms with Crippen LogP contribution in [-0.2, 0) is 9.59 Å². The van der Waals surface area contributed by atoms with E-state index in [2.05, 4.69) is 5.32 Å². The van der Waals surface area contributed by atoms with E-state index in [1.54, 1.807) is 0 Å². The number of halogens is 1. The molecule has 0 rings (SSSR count). The van der Waals surface area contributed by atoms with Gasteiger partial charge in [0.15, 0.2) is 12.5 Å². The standard InChI is InChI=1S/C7H12FNO2/c1-2-3-7(11)9-4-6(8)5-10/h5-6H,2-4H2,1H3,(H,9,11). The number of nitrogens with one attached hydrogen (secondary N) is 1. The first-order valence-electron chi connectivity index (χ1n) is 3.56. The number of carbonyl (C=O) groups excluding carboxylic acids is 2. The number of amides is 1. The van der Waals surface area contributed by atoms with Crippen LogP contribution in [0.3, 0.4) is 0 Å². The van der Waals surface area contributed by atoms with Gasteiger partial charge in [-0.1, -0.05) is 6.92 Å². The maximum Gasteiger partial charge on any atom is 0.220 e. The summed E-state index contributed by atoms with van der Waals surface area (Å²) < 4.78 is 12.1. The third kappa shape index (κ3) is 5.51. The molecular weight excluding hydrogens is 149 g/mol. The lowest BCUT2D eigenvalue weighted by atomic mass is 10.3. The Balaban J connectivity index is 3.37. The van der Waals surface area contributed by atoms with Gasteiger partial charge in [-0.25, -0.2) is 4.39 Å². The summed E-state index contributed by atoms with van der Waals surface area (Å²) in [6, 6.07) is 0. The van der Waals surface area contributed by atoms with Crippen LogP contribution < -0.4 is 5.32 Å². The number of hydrogen-bond acceptors (Lipinski definition) is 2. The molecule has 1 amide bonds. The summed E-state index contributed by atoms with van der Waals surface area (Å²) in [6.07, 6.45) is -0.294. The molecule has 0 aliphatic carbocycles. The molecule has 11 heavy (non-hydrogen) atoms. The van der Waals surface area contributed by atoms with E-state index in [0.717, 1.165) is 6.42 Å². The topological polar surface area (TPSA) is 46.2 Å². The van der Waals surface area contributed by atoms with Crippen LogP contribution >= 0.6 is 0 Å². The smallest absolute Gasteiger partial charge is 0.220 e. The maximum absolute atomic E-state index is 12.1. The molecule has 0 spiro atoms. The van der Waals surface area contributed by atoms with Crippen LogP contribution in [0, 0.1) is 0 Å². The fraction of sp³-hybridized carbons (Fsp3) is 0.714. The molecule has 0 fully saturated rings. The zero-order valence-electron chi connectivity index (χ0n) is 6.47. The lowest BCUT2D eigenvalue weighted by Gasteiger charge is -2.02. The Bertz CT molecular complexity index is 138. The van der Waals surface area contributed by atoms with E-state index in [0.29, 0.717) is 6.42 Å². The molecule has 0 aliphatic rings. The fourth-order valence-corrected chi connectivity index (χ4v) is 0.575. The van der Waals surface area contributed by atoms with Gasteiger partial charge < -0.3 is 10.1 Å². The molecule has 1 N–H and O–H groups in total. The first-order chi connectivity index (χ1) is 5.20. The van der Waals surface area contributed by atoms with Crippen molar-refractivity contribution in [2.75, 3.05) is 6.54 Å². The van der Waals surface area contributed by atoms with E-state index in [4.69, 9.17) is 0 Å². The second-order valence-corrected chi connectivity index (χ2v) is 2.21. The summed E-state index contributed by atoms with van der Waals surface area (Å²) in [6.45, 7) is 1.65. The highest BCUT2D eigenvalue weighted by atomic mass is 19.1. The third-order valence-corrected chi connectivity index (χ3v) is 1.12. The molecular formula is C7H12FNO2. The number of alkyl halides is 1. The zero-order chi connectivity index (χ0) is 8.69. The molecule has 1 atom stereocenters. The van der Waals surface area contributed by atoms with Gasteiger partial charge in [-0.05, 0) is 6.42 Å². The number of rotatable bonds is 5. The van der Waals surface area contributed by atoms with E-state index in [-0.39, 0.29) is 18.7 Å². The van der Waals surface area contributed by atoms with Gasteiger partial charge in [0, 0.05) is 6.42 Å². The minimum Gasteiger partial charge on any atom is -0.353 e. The van der Waals surface area contributed by atoms with Gasteiger partial charge in [0.1, 0.15) is 0 Å². The summed E-state index contributed by atoms with van der Waals surface area (Å²) in [7, 11) is 0. The zero-order valence-corrected chi connectivity index (χ0v) is 6.47. The Labute approximate surface area is 65.0 Å². The van der Waals surface area contributed by atoms with Crippen LogP contribution in [0.1, 0.15) is 19.8 Å². The van der Waals surface area contributed by atoms with Gasteiger partial charge in [-0.2, -0.15) is 0 Å². The Morgan fingerprint density at radius 1 is 1.73 bits per heavy atom. The van der Waals surface area contributed by atoms with Crippen molar-refractivity contribution in [2.45, 2.75) is 25.9 Å². The quantitative estimate of drug-likeness (QED) is 0.595. The summed E-state index contributed by atoms with van der Waals surface area (Å²) in [5.74, 6) is -0.211. The largest absolute Gasteiger partial charge is 0.353 e. The van der Waals surface area contributed by atoms with Gasteiger partial charge in [-0.3, -0.25) is 4.79 Å². The van der Waals surface area contributed by atoms with Crippen molar-refractivity contribution in [3.8, 4) is 0 Å². The SMILES string of the molecule is CCCC(=O)NCC(F)C=O. The molecule has 0 saturated carbocycles. The van der Waals surface area contributed by atoms with Crippen molar-refractivity contribution < 1.29 is 14.0 Å². The van der Waals surface area contributed by atoms with E-state index in [1.807, 2.05) is 6.92 Å². The Morgan fingerprint density at radius 2 is 2.36 bits per heavy atom. The molecule has 4 heteroatoms. The molecule has 0 aromatic rings. The Kier molecular flexibility index (Phi) is 5.33. The van der Waals surface area contributed by atoms with Crippen molar-refractivity contribution in [3.63, 3.8) is 0 Å². The molecule has 3 nitrogen and oxygen atoms in total. The van der Waals surface area contributed by atoms with Crippen LogP contribution in [0.2, 0.25) is 0 Å². The van der Waals surface area contributed by atoms with Crippen LogP contribution in [0.15, 0.2) is 0 Å². The number of hydrogen-bond donors (Lipinski definition) is 1. The second-order valence-electron chi connectivity index (χ2n) is 2.21. The second kappa shape index (κ2) is 5.82. The molecule has 0 aromatic carbocycles. The van der Waals surface area contributed by atoms with Gasteiger partial charge in [0.05, 0.1) is 6.54 Å². The van der Waals surface area contributed by atoms with Crippen LogP contribution in [0.5, 0.6) is 0 Å². The lowest BCUT2D eigenvalue weighted by Crippen LogP contribution is -2.30. The normalized spacial score (nSPS) is 12.2. The van der Waals surface area contributed by atoms with Crippen LogP contribution in [0.4, 0.5) is 4.39 Å². The predicted octanol–water partition coefficient (Wildman–Crippen LogP) is 0.440. The van der Waals surface area contributed by atoms with Crippen LogP contribution in [0.25, 0.3) is 0 Å². The van der Waals surface area contributed by atoms with E-state index < -0.39 is 6.17 Å². The molecule has 0 heterocycles. The first-order valence-corrected chi connectivity index (χ1v) is 3.56. The van der Waals surface area contributed by atoms with Crippen molar-refractivity contribution in [1.82, 2.24) is 5.32 Å². The molecule has 64 valence electrons. The maximum atomic E-state index is 12.1. The highest BCUT2D eigenvalue weighted by Gasteiger charge is 2.05. The van der Waals surface area contributed by atoms with Crippen molar-refractivity contribution in [2.24, 2.45) is 0 Å². The van der Waals surface area contributed by atoms with Crippen molar-refractivity contribution in [1.29, 1.82) is 0 Å². The predicted molar refractivity (Wildman–Crippen MR) is 38.9 cm³/mol. The minimum atomic E-state index is -1.57. The highest BCUT2D eigenvalue weighted by Crippen LogP contribution is 1.87. The monoisotopic (exact) mass is 161 g/mol. The van der Waals surface area contributed by atoms with E-state index in [1.165, 1.54) is 0 Å². The first kappa shape index (κ1) is 10.1. The highest BCUT2D eigenvalue weighted by molar-refractivity contribution is 5.76. The molecule has 0 aromatic heterocycles. The molecule has 0 bridgehead atoms. The van der Waals surface area contributed by atoms with Gasteiger partial charge >= 0.3 is 0 Å². The van der Waals surface area contributed by atoms with Crippen molar-refractivity contribution in [3.05, 3.63) is 0 Å². The van der Waals surface area contributed by atoms with E-state index >= 15 is 0 Å². The van der Waals surface area contributed by atoms with Gasteiger partial charge in [0.2, 0.25) is 5.91 Å². The Hall–Kier alpha value is -0.930. The molecule has 0 aliphatic heterocycles.